The zero-order valence-corrected chi connectivity index (χ0v) is 22.2. The molecule has 0 saturated heterocycles. The Morgan fingerprint density at radius 2 is 1.86 bits per heavy atom. The van der Waals surface area contributed by atoms with Gasteiger partial charge in [0.2, 0.25) is 5.60 Å². The van der Waals surface area contributed by atoms with E-state index in [0.717, 1.165) is 12.5 Å². The third-order valence-electron chi connectivity index (χ3n) is 6.44. The molecule has 6 nitrogen and oxygen atoms in total. The van der Waals surface area contributed by atoms with Crippen LogP contribution in [-0.2, 0) is 6.42 Å². The van der Waals surface area contributed by atoms with Crippen LogP contribution >= 0.6 is 15.9 Å². The van der Waals surface area contributed by atoms with Crippen molar-refractivity contribution < 1.29 is 32.9 Å². The number of amides is 1. The van der Waals surface area contributed by atoms with Crippen molar-refractivity contribution in [3.63, 3.8) is 0 Å². The first kappa shape index (κ1) is 28.3. The molecule has 4 atom stereocenters. The molecule has 1 unspecified atom stereocenters. The number of carboxylic acid groups (broad SMARTS) is 1. The van der Waals surface area contributed by atoms with Gasteiger partial charge >= 0.3 is 12.3 Å². The molecule has 0 radical (unpaired) electrons. The monoisotopic (exact) mass is 572 g/mol. The predicted molar refractivity (Wildman–Crippen MR) is 134 cm³/mol. The number of carbonyl (C=O) groups is 1. The van der Waals surface area contributed by atoms with Gasteiger partial charge in [-0.1, -0.05) is 46.3 Å². The maximum absolute atomic E-state index is 13.9. The fourth-order valence-corrected chi connectivity index (χ4v) is 4.98. The second kappa shape index (κ2) is 10.6. The van der Waals surface area contributed by atoms with E-state index in [0.29, 0.717) is 10.0 Å². The minimum atomic E-state index is -4.61. The summed E-state index contributed by atoms with van der Waals surface area (Å²) in [4.78, 5) is 13.4. The molecule has 0 bridgehead atoms. The summed E-state index contributed by atoms with van der Waals surface area (Å²) in [5.74, 6) is 0.110. The van der Waals surface area contributed by atoms with E-state index < -0.39 is 48.0 Å². The van der Waals surface area contributed by atoms with Crippen LogP contribution in [0.2, 0.25) is 0 Å². The Morgan fingerprint density at radius 1 is 1.22 bits per heavy atom. The second-order valence-electron chi connectivity index (χ2n) is 10.3. The van der Waals surface area contributed by atoms with Gasteiger partial charge in [-0.25, -0.2) is 4.79 Å². The van der Waals surface area contributed by atoms with Crippen molar-refractivity contribution in [1.29, 1.82) is 0 Å². The molecule has 3 rings (SSSR count). The molecule has 1 amide bonds. The maximum Gasteiger partial charge on any atom is 0.428 e. The molecule has 2 aromatic carbocycles. The number of halogens is 4. The van der Waals surface area contributed by atoms with Gasteiger partial charge in [0.1, 0.15) is 5.75 Å². The molecule has 0 saturated carbocycles. The van der Waals surface area contributed by atoms with E-state index in [2.05, 4.69) is 21.2 Å². The SMILES string of the molecule is CC(C)(C)N(C(=O)O)[C@@H](Cc1ccccc1)[C@H](O)CN[C@H]1CC(C)(C(F)(F)F)Oc2ccc(Br)cc21. The highest BCUT2D eigenvalue weighted by molar-refractivity contribution is 9.10. The minimum Gasteiger partial charge on any atom is -0.478 e. The van der Waals surface area contributed by atoms with Crippen LogP contribution in [0.3, 0.4) is 0 Å². The Balaban J connectivity index is 1.89. The largest absolute Gasteiger partial charge is 0.478 e. The first-order valence-electron chi connectivity index (χ1n) is 11.7. The molecule has 0 fully saturated rings. The Kier molecular flexibility index (Phi) is 8.32. The number of hydrogen-bond donors (Lipinski definition) is 3. The van der Waals surface area contributed by atoms with E-state index in [4.69, 9.17) is 4.74 Å². The van der Waals surface area contributed by atoms with Gasteiger partial charge < -0.3 is 20.3 Å². The van der Waals surface area contributed by atoms with Crippen LogP contribution in [-0.4, -0.2) is 57.2 Å². The van der Waals surface area contributed by atoms with Crippen molar-refractivity contribution in [1.82, 2.24) is 10.2 Å². The van der Waals surface area contributed by atoms with E-state index in [-0.39, 0.29) is 18.7 Å². The van der Waals surface area contributed by atoms with Crippen molar-refractivity contribution >= 4 is 22.0 Å². The predicted octanol–water partition coefficient (Wildman–Crippen LogP) is 5.93. The van der Waals surface area contributed by atoms with E-state index >= 15 is 0 Å². The topological polar surface area (TPSA) is 82.0 Å². The number of nitrogens with one attached hydrogen (secondary N) is 1. The third kappa shape index (κ3) is 6.33. The lowest BCUT2D eigenvalue weighted by molar-refractivity contribution is -0.249. The Labute approximate surface area is 217 Å². The van der Waals surface area contributed by atoms with Crippen LogP contribution in [0.15, 0.2) is 53.0 Å². The normalized spacial score (nSPS) is 21.8. The van der Waals surface area contributed by atoms with Crippen LogP contribution in [0.5, 0.6) is 5.75 Å². The highest BCUT2D eigenvalue weighted by Gasteiger charge is 2.57. The maximum atomic E-state index is 13.9. The summed E-state index contributed by atoms with van der Waals surface area (Å²) in [6, 6.07) is 12.3. The molecule has 1 heterocycles. The summed E-state index contributed by atoms with van der Waals surface area (Å²) in [6.45, 7) is 6.09. The van der Waals surface area contributed by atoms with Crippen molar-refractivity contribution in [3.05, 3.63) is 64.1 Å². The van der Waals surface area contributed by atoms with Crippen molar-refractivity contribution in [2.24, 2.45) is 0 Å². The molecule has 1 aliphatic heterocycles. The summed E-state index contributed by atoms with van der Waals surface area (Å²) in [6.07, 6.45) is -7.16. The van der Waals surface area contributed by atoms with Crippen molar-refractivity contribution in [2.45, 2.75) is 76.0 Å². The first-order valence-corrected chi connectivity index (χ1v) is 12.4. The number of aliphatic hydroxyl groups is 1. The molecule has 0 aliphatic carbocycles. The Hall–Kier alpha value is -2.30. The average Bonchev–Trinajstić information content (AvgIpc) is 2.76. The summed E-state index contributed by atoms with van der Waals surface area (Å²) in [5.41, 5.74) is -1.87. The van der Waals surface area contributed by atoms with E-state index in [1.807, 2.05) is 30.3 Å². The van der Waals surface area contributed by atoms with Crippen LogP contribution in [0.25, 0.3) is 0 Å². The van der Waals surface area contributed by atoms with Gasteiger partial charge in [0.15, 0.2) is 0 Å². The van der Waals surface area contributed by atoms with Gasteiger partial charge in [-0.3, -0.25) is 4.90 Å². The highest BCUT2D eigenvalue weighted by Crippen LogP contribution is 2.47. The Morgan fingerprint density at radius 3 is 2.42 bits per heavy atom. The van der Waals surface area contributed by atoms with Crippen LogP contribution in [0, 0.1) is 0 Å². The molecule has 36 heavy (non-hydrogen) atoms. The van der Waals surface area contributed by atoms with Gasteiger partial charge in [0.25, 0.3) is 0 Å². The summed E-state index contributed by atoms with van der Waals surface area (Å²) in [5, 5.41) is 24.3. The van der Waals surface area contributed by atoms with E-state index in [1.165, 1.54) is 11.0 Å². The lowest BCUT2D eigenvalue weighted by Crippen LogP contribution is -2.58. The number of benzene rings is 2. The van der Waals surface area contributed by atoms with Crippen LogP contribution in [0.4, 0.5) is 18.0 Å². The second-order valence-corrected chi connectivity index (χ2v) is 11.2. The number of fused-ring (bicyclic) bond motifs is 1. The molecule has 10 heteroatoms. The van der Waals surface area contributed by atoms with Crippen LogP contribution < -0.4 is 10.1 Å². The molecule has 1 aliphatic rings. The fourth-order valence-electron chi connectivity index (χ4n) is 4.60. The summed E-state index contributed by atoms with van der Waals surface area (Å²) >= 11 is 3.36. The van der Waals surface area contributed by atoms with Gasteiger partial charge in [-0.15, -0.1) is 0 Å². The average molecular weight is 573 g/mol. The zero-order valence-electron chi connectivity index (χ0n) is 20.6. The van der Waals surface area contributed by atoms with Gasteiger partial charge in [0, 0.05) is 34.6 Å². The molecule has 198 valence electrons. The fraction of sp³-hybridized carbons (Fsp3) is 0.500. The standard InChI is InChI=1S/C26H32BrF3N2O4/c1-24(2,3)32(23(34)35)20(12-16-8-6-5-7-9-16)21(33)15-31-19-14-25(4,26(28,29)30)36-22-11-10-17(27)13-18(19)22/h5-11,13,19-21,31,33H,12,14-15H2,1-4H3,(H,34,35)/t19-,20-,21+,25?/m0/s1. The molecule has 2 aromatic rings. The zero-order chi connectivity index (χ0) is 26.9. The van der Waals surface area contributed by atoms with E-state index in [1.54, 1.807) is 32.9 Å². The molecular weight excluding hydrogens is 541 g/mol. The Bertz CT molecular complexity index is 1060. The summed E-state index contributed by atoms with van der Waals surface area (Å²) < 4.78 is 47.7. The highest BCUT2D eigenvalue weighted by atomic mass is 79.9. The molecule has 0 aromatic heterocycles. The first-order chi connectivity index (χ1) is 16.6. The number of nitrogens with zero attached hydrogens (tertiary/aromatic N) is 1. The summed E-state index contributed by atoms with van der Waals surface area (Å²) in [7, 11) is 0. The third-order valence-corrected chi connectivity index (χ3v) is 6.93. The van der Waals surface area contributed by atoms with Gasteiger partial charge in [0.05, 0.1) is 12.1 Å². The number of alkyl halides is 3. The minimum absolute atomic E-state index is 0.110. The lowest BCUT2D eigenvalue weighted by Gasteiger charge is -2.43. The smallest absolute Gasteiger partial charge is 0.428 e. The lowest BCUT2D eigenvalue weighted by atomic mass is 9.87. The number of ether oxygens (including phenoxy) is 1. The quantitative estimate of drug-likeness (QED) is 0.383. The van der Waals surface area contributed by atoms with E-state index in [9.17, 15) is 28.2 Å². The van der Waals surface area contributed by atoms with Gasteiger partial charge in [-0.2, -0.15) is 13.2 Å². The molecule has 0 spiro atoms. The van der Waals surface area contributed by atoms with Crippen molar-refractivity contribution in [3.8, 4) is 5.75 Å². The number of aliphatic hydroxyl groups excluding tert-OH is 1. The number of rotatable bonds is 7. The molecule has 3 N–H and O–H groups in total. The van der Waals surface area contributed by atoms with Crippen molar-refractivity contribution in [2.75, 3.05) is 6.54 Å². The molecular formula is C26H32BrF3N2O4. The van der Waals surface area contributed by atoms with Gasteiger partial charge in [-0.05, 0) is 57.9 Å². The van der Waals surface area contributed by atoms with Crippen LogP contribution in [0.1, 0.15) is 51.3 Å². The number of hydrogen-bond acceptors (Lipinski definition) is 4.